The summed E-state index contributed by atoms with van der Waals surface area (Å²) in [5.41, 5.74) is 0.158. The van der Waals surface area contributed by atoms with Crippen LogP contribution in [0.4, 0.5) is 45.2 Å². The predicted molar refractivity (Wildman–Crippen MR) is 130 cm³/mol. The number of benzene rings is 3. The smallest absolute Gasteiger partial charge is 0.434 e. The van der Waals surface area contributed by atoms with Crippen LogP contribution in [0.2, 0.25) is 0 Å². The maximum Gasteiger partial charge on any atom is 0.434 e. The number of aliphatic hydroxyl groups is 1. The molecule has 0 aliphatic heterocycles. The van der Waals surface area contributed by atoms with Crippen molar-refractivity contribution in [2.75, 3.05) is 11.4 Å². The van der Waals surface area contributed by atoms with Gasteiger partial charge in [0.05, 0.1) is 6.54 Å². The first-order valence-electron chi connectivity index (χ1n) is 11.8. The summed E-state index contributed by atoms with van der Waals surface area (Å²) in [6, 6.07) is 18.3. The van der Waals surface area contributed by atoms with E-state index in [1.807, 2.05) is 13.8 Å². The van der Waals surface area contributed by atoms with E-state index >= 15 is 0 Å². The molecule has 4 nitrogen and oxygen atoms in total. The van der Waals surface area contributed by atoms with Crippen molar-refractivity contribution in [1.82, 2.24) is 0 Å². The number of hydrogen-bond acceptors (Lipinski definition) is 4. The number of hydrogen-bond donors (Lipinski definition) is 1. The van der Waals surface area contributed by atoms with Gasteiger partial charge in [-0.15, -0.1) is 0 Å². The Balaban J connectivity index is 0.00000274. The summed E-state index contributed by atoms with van der Waals surface area (Å²) in [4.78, 5) is 1.06. The minimum absolute atomic E-state index is 0.0226. The Morgan fingerprint density at radius 3 is 1.80 bits per heavy atom. The molecule has 0 saturated heterocycles. The molecular formula is C27H26F9NO3. The van der Waals surface area contributed by atoms with Crippen LogP contribution in [-0.2, 0) is 6.54 Å². The largest absolute Gasteiger partial charge is 0.471 e. The van der Waals surface area contributed by atoms with Crippen LogP contribution in [0.3, 0.4) is 0 Å². The number of anilines is 1. The summed E-state index contributed by atoms with van der Waals surface area (Å²) in [5, 5.41) is 9.68. The number of rotatable bonds is 9. The summed E-state index contributed by atoms with van der Waals surface area (Å²) >= 11 is 0. The second-order valence-electron chi connectivity index (χ2n) is 8.08. The first-order valence-corrected chi connectivity index (χ1v) is 11.8. The average Bonchev–Trinajstić information content (AvgIpc) is 2.87. The fraction of sp³-hybridized carbons (Fsp3) is 0.333. The maximum atomic E-state index is 13.1. The van der Waals surface area contributed by atoms with Gasteiger partial charge >= 0.3 is 18.5 Å². The van der Waals surface area contributed by atoms with Crippen LogP contribution in [0.5, 0.6) is 17.2 Å². The molecule has 0 amide bonds. The molecule has 3 aromatic rings. The summed E-state index contributed by atoms with van der Waals surface area (Å²) in [6.07, 6.45) is -23.4. The van der Waals surface area contributed by atoms with Crippen LogP contribution in [0.1, 0.15) is 19.4 Å². The quantitative estimate of drug-likeness (QED) is 0.258. The van der Waals surface area contributed by atoms with Gasteiger partial charge in [0.25, 0.3) is 6.10 Å². The van der Waals surface area contributed by atoms with E-state index in [0.717, 1.165) is 23.1 Å². The SMILES string of the molecule is CC.O[C@H](CN(Cc1cccc(OC(C(F)(F)F)C(F)(F)F)c1)c1cccc(Oc2ccccc2)c1)C(F)(F)F. The van der Waals surface area contributed by atoms with E-state index in [4.69, 9.17) is 4.74 Å². The standard InChI is InChI=1S/C25H20F9NO3.C2H6/c26-23(27,28)21(36)15-35(17-7-5-11-20(13-17)37-18-8-2-1-3-9-18)14-16-6-4-10-19(12-16)38-22(24(29,30)31)25(32,33)34;1-2/h1-13,21-22,36H,14-15H2;1-2H3/t21-;/m1./s1. The van der Waals surface area contributed by atoms with Crippen molar-refractivity contribution >= 4 is 5.69 Å². The molecule has 0 aliphatic carbocycles. The van der Waals surface area contributed by atoms with Gasteiger partial charge in [-0.05, 0) is 42.0 Å². The van der Waals surface area contributed by atoms with E-state index in [-0.39, 0.29) is 17.0 Å². The zero-order valence-corrected chi connectivity index (χ0v) is 21.2. The summed E-state index contributed by atoms with van der Waals surface area (Å²) in [7, 11) is 0. The van der Waals surface area contributed by atoms with Crippen molar-refractivity contribution in [2.45, 2.75) is 51.1 Å². The molecule has 13 heteroatoms. The second-order valence-corrected chi connectivity index (χ2v) is 8.08. The van der Waals surface area contributed by atoms with E-state index in [1.54, 1.807) is 30.3 Å². The van der Waals surface area contributed by atoms with Gasteiger partial charge in [-0.25, -0.2) is 0 Å². The molecule has 1 N–H and O–H groups in total. The summed E-state index contributed by atoms with van der Waals surface area (Å²) < 4.78 is 127. The van der Waals surface area contributed by atoms with Crippen LogP contribution in [0, 0.1) is 0 Å². The lowest BCUT2D eigenvalue weighted by molar-refractivity contribution is -0.299. The molecule has 0 spiro atoms. The Morgan fingerprint density at radius 2 is 1.23 bits per heavy atom. The topological polar surface area (TPSA) is 41.9 Å². The van der Waals surface area contributed by atoms with Gasteiger partial charge in [-0.1, -0.05) is 50.2 Å². The van der Waals surface area contributed by atoms with Crippen molar-refractivity contribution in [3.8, 4) is 17.2 Å². The summed E-state index contributed by atoms with van der Waals surface area (Å²) in [6.45, 7) is 2.58. The Bertz CT molecular complexity index is 1170. The molecule has 0 heterocycles. The van der Waals surface area contributed by atoms with Crippen LogP contribution in [-0.4, -0.2) is 42.4 Å². The third kappa shape index (κ3) is 9.85. The van der Waals surface area contributed by atoms with Crippen LogP contribution < -0.4 is 14.4 Å². The van der Waals surface area contributed by atoms with Crippen molar-refractivity contribution < 1.29 is 54.1 Å². The van der Waals surface area contributed by atoms with Gasteiger partial charge in [0.2, 0.25) is 0 Å². The number of nitrogens with zero attached hydrogens (tertiary/aromatic N) is 1. The Labute approximate surface area is 224 Å². The van der Waals surface area contributed by atoms with Gasteiger partial charge in [0.1, 0.15) is 17.2 Å². The molecule has 0 aromatic heterocycles. The van der Waals surface area contributed by atoms with Crippen molar-refractivity contribution in [1.29, 1.82) is 0 Å². The molecule has 0 unspecified atom stereocenters. The van der Waals surface area contributed by atoms with Gasteiger partial charge in [-0.3, -0.25) is 0 Å². The highest BCUT2D eigenvalue weighted by Crippen LogP contribution is 2.37. The van der Waals surface area contributed by atoms with Crippen LogP contribution >= 0.6 is 0 Å². The molecule has 0 radical (unpaired) electrons. The lowest BCUT2D eigenvalue weighted by Gasteiger charge is -2.29. The molecule has 0 fully saturated rings. The van der Waals surface area contributed by atoms with E-state index in [1.165, 1.54) is 30.3 Å². The first-order chi connectivity index (χ1) is 18.6. The minimum atomic E-state index is -5.75. The number of ether oxygens (including phenoxy) is 2. The number of halogens is 9. The van der Waals surface area contributed by atoms with Gasteiger partial charge in [-0.2, -0.15) is 39.5 Å². The van der Waals surface area contributed by atoms with E-state index < -0.39 is 49.6 Å². The average molecular weight is 583 g/mol. The molecular weight excluding hydrogens is 557 g/mol. The Morgan fingerprint density at radius 1 is 0.675 bits per heavy atom. The zero-order chi connectivity index (χ0) is 30.1. The van der Waals surface area contributed by atoms with Gasteiger partial charge in [0.15, 0.2) is 6.10 Å². The monoisotopic (exact) mass is 583 g/mol. The van der Waals surface area contributed by atoms with Crippen molar-refractivity contribution in [3.05, 3.63) is 84.4 Å². The fourth-order valence-corrected chi connectivity index (χ4v) is 3.33. The Hall–Kier alpha value is -3.61. The number of alkyl halides is 9. The first kappa shape index (κ1) is 32.6. The molecule has 0 bridgehead atoms. The van der Waals surface area contributed by atoms with Crippen molar-refractivity contribution in [3.63, 3.8) is 0 Å². The zero-order valence-electron chi connectivity index (χ0n) is 21.2. The highest BCUT2D eigenvalue weighted by molar-refractivity contribution is 5.52. The molecule has 220 valence electrons. The molecule has 3 rings (SSSR count). The fourth-order valence-electron chi connectivity index (χ4n) is 3.33. The van der Waals surface area contributed by atoms with Crippen molar-refractivity contribution in [2.24, 2.45) is 0 Å². The lowest BCUT2D eigenvalue weighted by Crippen LogP contribution is -2.46. The third-order valence-corrected chi connectivity index (χ3v) is 5.05. The van der Waals surface area contributed by atoms with E-state index in [9.17, 15) is 44.6 Å². The van der Waals surface area contributed by atoms with Gasteiger partial charge in [0, 0.05) is 18.3 Å². The Kier molecular flexibility index (Phi) is 11.1. The molecule has 3 aromatic carbocycles. The highest BCUT2D eigenvalue weighted by Gasteiger charge is 2.59. The lowest BCUT2D eigenvalue weighted by atomic mass is 10.1. The highest BCUT2D eigenvalue weighted by atomic mass is 19.4. The van der Waals surface area contributed by atoms with Crippen LogP contribution in [0.25, 0.3) is 0 Å². The molecule has 40 heavy (non-hydrogen) atoms. The minimum Gasteiger partial charge on any atom is -0.471 e. The van der Waals surface area contributed by atoms with E-state index in [0.29, 0.717) is 5.75 Å². The third-order valence-electron chi connectivity index (χ3n) is 5.05. The van der Waals surface area contributed by atoms with E-state index in [2.05, 4.69) is 4.74 Å². The van der Waals surface area contributed by atoms with Crippen LogP contribution in [0.15, 0.2) is 78.9 Å². The normalized spacial score (nSPS) is 12.8. The summed E-state index contributed by atoms with van der Waals surface area (Å²) in [5.74, 6) is -0.129. The number of aliphatic hydroxyl groups excluding tert-OH is 1. The predicted octanol–water partition coefficient (Wildman–Crippen LogP) is 8.31. The maximum absolute atomic E-state index is 13.1. The number of para-hydroxylation sites is 1. The van der Waals surface area contributed by atoms with Gasteiger partial charge < -0.3 is 19.5 Å². The molecule has 0 saturated carbocycles. The molecule has 1 atom stereocenters. The second kappa shape index (κ2) is 13.6. The molecule has 0 aliphatic rings.